The van der Waals surface area contributed by atoms with Crippen molar-refractivity contribution in [2.24, 2.45) is 0 Å². The lowest BCUT2D eigenvalue weighted by Gasteiger charge is -2.12. The van der Waals surface area contributed by atoms with Gasteiger partial charge in [0.1, 0.15) is 0 Å². The highest BCUT2D eigenvalue weighted by Gasteiger charge is 2.10. The second-order valence-electron chi connectivity index (χ2n) is 5.78. The standard InChI is InChI=1S/C15H24OSi/c1-17(2,3)13-7-10-15(16)12-11-14-8-5-4-6-9-14/h4-10,15-16H,11-13H2,1-3H3/b10-7+. The van der Waals surface area contributed by atoms with Crippen molar-refractivity contribution in [2.45, 2.75) is 44.6 Å². The van der Waals surface area contributed by atoms with Crippen LogP contribution in [0.5, 0.6) is 0 Å². The molecule has 0 heterocycles. The van der Waals surface area contributed by atoms with Crippen molar-refractivity contribution in [3.63, 3.8) is 0 Å². The predicted molar refractivity (Wildman–Crippen MR) is 78.1 cm³/mol. The molecule has 0 aromatic heterocycles. The van der Waals surface area contributed by atoms with E-state index >= 15 is 0 Å². The van der Waals surface area contributed by atoms with E-state index in [0.29, 0.717) is 0 Å². The summed E-state index contributed by atoms with van der Waals surface area (Å²) in [5.41, 5.74) is 1.30. The molecule has 0 bridgehead atoms. The Balaban J connectivity index is 2.28. The fraction of sp³-hybridized carbons (Fsp3) is 0.467. The third-order valence-electron chi connectivity index (χ3n) is 2.66. The predicted octanol–water partition coefficient (Wildman–Crippen LogP) is 3.87. The molecule has 0 aliphatic heterocycles. The maximum absolute atomic E-state index is 9.84. The van der Waals surface area contributed by atoms with E-state index in [9.17, 15) is 5.11 Å². The van der Waals surface area contributed by atoms with Gasteiger partial charge in [-0.1, -0.05) is 62.1 Å². The van der Waals surface area contributed by atoms with E-state index in [1.807, 2.05) is 24.3 Å². The second-order valence-corrected chi connectivity index (χ2v) is 11.3. The van der Waals surface area contributed by atoms with E-state index < -0.39 is 8.07 Å². The minimum absolute atomic E-state index is 0.299. The summed E-state index contributed by atoms with van der Waals surface area (Å²) in [7, 11) is -1.01. The third-order valence-corrected chi connectivity index (χ3v) is 4.12. The Morgan fingerprint density at radius 1 is 1.18 bits per heavy atom. The van der Waals surface area contributed by atoms with Gasteiger partial charge in [0.05, 0.1) is 6.10 Å². The van der Waals surface area contributed by atoms with Crippen molar-refractivity contribution in [1.29, 1.82) is 0 Å². The van der Waals surface area contributed by atoms with Crippen molar-refractivity contribution in [1.82, 2.24) is 0 Å². The number of benzene rings is 1. The van der Waals surface area contributed by atoms with Crippen LogP contribution in [0.4, 0.5) is 0 Å². The van der Waals surface area contributed by atoms with Crippen molar-refractivity contribution >= 4 is 8.07 Å². The first kappa shape index (κ1) is 14.2. The Hall–Kier alpha value is -0.863. The summed E-state index contributed by atoms with van der Waals surface area (Å²) in [6.45, 7) is 7.02. The van der Waals surface area contributed by atoms with Gasteiger partial charge in [-0.05, 0) is 24.4 Å². The fourth-order valence-corrected chi connectivity index (χ4v) is 2.48. The molecule has 1 N–H and O–H groups in total. The van der Waals surface area contributed by atoms with Crippen molar-refractivity contribution in [3.05, 3.63) is 48.0 Å². The Labute approximate surface area is 106 Å². The maximum atomic E-state index is 9.84. The molecule has 0 aliphatic carbocycles. The van der Waals surface area contributed by atoms with Gasteiger partial charge in [0.2, 0.25) is 0 Å². The Kier molecular flexibility index (Phi) is 5.66. The van der Waals surface area contributed by atoms with E-state index in [2.05, 4.69) is 37.8 Å². The van der Waals surface area contributed by atoms with Crippen LogP contribution >= 0.6 is 0 Å². The molecule has 1 aromatic carbocycles. The summed E-state index contributed by atoms with van der Waals surface area (Å²) in [4.78, 5) is 0. The van der Waals surface area contributed by atoms with Gasteiger partial charge in [0, 0.05) is 8.07 Å². The number of aryl methyl sites for hydroxylation is 1. The zero-order valence-electron chi connectivity index (χ0n) is 11.2. The summed E-state index contributed by atoms with van der Waals surface area (Å²) in [6, 6.07) is 11.5. The first-order chi connectivity index (χ1) is 7.97. The Bertz CT molecular complexity index is 338. The van der Waals surface area contributed by atoms with Crippen LogP contribution in [0.1, 0.15) is 12.0 Å². The van der Waals surface area contributed by atoms with Crippen molar-refractivity contribution < 1.29 is 5.11 Å². The molecule has 94 valence electrons. The Morgan fingerprint density at radius 2 is 1.82 bits per heavy atom. The van der Waals surface area contributed by atoms with Crippen LogP contribution in [-0.4, -0.2) is 19.3 Å². The normalized spacial score (nSPS) is 14.1. The van der Waals surface area contributed by atoms with E-state index in [1.54, 1.807) is 0 Å². The fourth-order valence-electron chi connectivity index (χ4n) is 1.63. The number of rotatable bonds is 6. The van der Waals surface area contributed by atoms with E-state index in [1.165, 1.54) is 5.56 Å². The van der Waals surface area contributed by atoms with Gasteiger partial charge in [-0.15, -0.1) is 0 Å². The topological polar surface area (TPSA) is 20.2 Å². The highest BCUT2D eigenvalue weighted by Crippen LogP contribution is 2.10. The van der Waals surface area contributed by atoms with E-state index in [-0.39, 0.29) is 6.10 Å². The number of hydrogen-bond acceptors (Lipinski definition) is 1. The van der Waals surface area contributed by atoms with Gasteiger partial charge >= 0.3 is 0 Å². The summed E-state index contributed by atoms with van der Waals surface area (Å²) in [5, 5.41) is 9.84. The highest BCUT2D eigenvalue weighted by molar-refractivity contribution is 6.76. The third kappa shape index (κ3) is 7.13. The molecule has 1 aromatic rings. The average molecular weight is 248 g/mol. The first-order valence-corrected chi connectivity index (χ1v) is 10.1. The molecule has 0 saturated heterocycles. The lowest BCUT2D eigenvalue weighted by Crippen LogP contribution is -2.17. The molecule has 2 heteroatoms. The minimum Gasteiger partial charge on any atom is -0.389 e. The summed E-state index contributed by atoms with van der Waals surface area (Å²) >= 11 is 0. The molecule has 0 fully saturated rings. The molecular formula is C15H24OSi. The molecule has 0 spiro atoms. The van der Waals surface area contributed by atoms with Gasteiger partial charge in [0.25, 0.3) is 0 Å². The highest BCUT2D eigenvalue weighted by atomic mass is 28.3. The lowest BCUT2D eigenvalue weighted by molar-refractivity contribution is 0.213. The monoisotopic (exact) mass is 248 g/mol. The van der Waals surface area contributed by atoms with Crippen LogP contribution in [0.2, 0.25) is 25.7 Å². The average Bonchev–Trinajstić information content (AvgIpc) is 2.26. The van der Waals surface area contributed by atoms with Gasteiger partial charge in [0.15, 0.2) is 0 Å². The molecule has 1 rings (SSSR count). The van der Waals surface area contributed by atoms with Crippen LogP contribution in [0.15, 0.2) is 42.5 Å². The number of aliphatic hydroxyl groups excluding tert-OH is 1. The summed E-state index contributed by atoms with van der Waals surface area (Å²) in [6.07, 6.45) is 5.57. The first-order valence-electron chi connectivity index (χ1n) is 6.36. The molecule has 0 radical (unpaired) electrons. The second kappa shape index (κ2) is 6.77. The van der Waals surface area contributed by atoms with Crippen LogP contribution in [0.3, 0.4) is 0 Å². The molecule has 0 saturated carbocycles. The lowest BCUT2D eigenvalue weighted by atomic mass is 10.1. The minimum atomic E-state index is -1.01. The molecule has 1 nitrogen and oxygen atoms in total. The van der Waals surface area contributed by atoms with Gasteiger partial charge < -0.3 is 5.11 Å². The largest absolute Gasteiger partial charge is 0.389 e. The van der Waals surface area contributed by atoms with Crippen LogP contribution in [0.25, 0.3) is 0 Å². The maximum Gasteiger partial charge on any atom is 0.0724 e. The zero-order chi connectivity index (χ0) is 12.7. The van der Waals surface area contributed by atoms with Crippen LogP contribution in [-0.2, 0) is 6.42 Å². The van der Waals surface area contributed by atoms with Crippen LogP contribution in [0, 0.1) is 0 Å². The number of hydrogen-bond donors (Lipinski definition) is 1. The molecule has 1 atom stereocenters. The molecule has 17 heavy (non-hydrogen) atoms. The van der Waals surface area contributed by atoms with Crippen LogP contribution < -0.4 is 0 Å². The molecule has 0 aliphatic rings. The Morgan fingerprint density at radius 3 is 2.41 bits per heavy atom. The molecule has 1 unspecified atom stereocenters. The van der Waals surface area contributed by atoms with Crippen molar-refractivity contribution in [3.8, 4) is 0 Å². The summed E-state index contributed by atoms with van der Waals surface area (Å²) in [5.74, 6) is 0. The SMILES string of the molecule is C[Si](C)(C)C/C=C/C(O)CCc1ccccc1. The quantitative estimate of drug-likeness (QED) is 0.598. The zero-order valence-corrected chi connectivity index (χ0v) is 12.2. The number of aliphatic hydroxyl groups is 1. The van der Waals surface area contributed by atoms with E-state index in [4.69, 9.17) is 0 Å². The molecule has 0 amide bonds. The van der Waals surface area contributed by atoms with E-state index in [0.717, 1.165) is 18.9 Å². The van der Waals surface area contributed by atoms with Gasteiger partial charge in [-0.2, -0.15) is 0 Å². The number of allylic oxidation sites excluding steroid dienone is 1. The molecular weight excluding hydrogens is 224 g/mol. The van der Waals surface area contributed by atoms with Crippen molar-refractivity contribution in [2.75, 3.05) is 0 Å². The smallest absolute Gasteiger partial charge is 0.0724 e. The van der Waals surface area contributed by atoms with Gasteiger partial charge in [-0.3, -0.25) is 0 Å². The summed E-state index contributed by atoms with van der Waals surface area (Å²) < 4.78 is 0. The van der Waals surface area contributed by atoms with Gasteiger partial charge in [-0.25, -0.2) is 0 Å².